The number of thiophene rings is 1. The Morgan fingerprint density at radius 3 is 2.74 bits per heavy atom. The van der Waals surface area contributed by atoms with Crippen LogP contribution in [0, 0.1) is 5.41 Å². The number of piperidine rings is 1. The number of hydrogen-bond acceptors (Lipinski definition) is 4. The van der Waals surface area contributed by atoms with E-state index < -0.39 is 0 Å². The largest absolute Gasteiger partial charge is 0.472 e. The summed E-state index contributed by atoms with van der Waals surface area (Å²) in [4.78, 5) is 18.0. The first kappa shape index (κ1) is 15.0. The number of likely N-dealkylation sites (tertiary alicyclic amines) is 2. The highest BCUT2D eigenvalue weighted by Gasteiger charge is 2.42. The van der Waals surface area contributed by atoms with Crippen molar-refractivity contribution in [3.8, 4) is 0 Å². The second-order valence-electron chi connectivity index (χ2n) is 6.86. The van der Waals surface area contributed by atoms with E-state index in [1.165, 1.54) is 18.4 Å². The summed E-state index contributed by atoms with van der Waals surface area (Å²) in [5, 5.41) is 1.98. The average molecular weight is 330 g/mol. The van der Waals surface area contributed by atoms with E-state index in [1.807, 2.05) is 29.8 Å². The molecule has 0 aliphatic carbocycles. The molecule has 23 heavy (non-hydrogen) atoms. The molecule has 2 aromatic rings. The predicted molar refractivity (Wildman–Crippen MR) is 90.5 cm³/mol. The maximum atomic E-state index is 12.5. The van der Waals surface area contributed by atoms with Gasteiger partial charge in [0.05, 0.1) is 17.4 Å². The quantitative estimate of drug-likeness (QED) is 0.865. The van der Waals surface area contributed by atoms with Gasteiger partial charge in [-0.15, -0.1) is 11.3 Å². The lowest BCUT2D eigenvalue weighted by atomic mass is 9.77. The van der Waals surface area contributed by atoms with Crippen LogP contribution in [0.5, 0.6) is 0 Å². The van der Waals surface area contributed by atoms with Crippen molar-refractivity contribution in [3.63, 3.8) is 0 Å². The van der Waals surface area contributed by atoms with Crippen LogP contribution in [-0.2, 0) is 6.54 Å². The number of furan rings is 1. The highest BCUT2D eigenvalue weighted by atomic mass is 32.1. The molecule has 2 fully saturated rings. The SMILES string of the molecule is O=C(c1cccs1)N1CCC2(CCN(Cc3ccoc3)CC2)C1. The van der Waals surface area contributed by atoms with Gasteiger partial charge in [0.25, 0.3) is 5.91 Å². The van der Waals surface area contributed by atoms with Gasteiger partial charge in [0.2, 0.25) is 0 Å². The van der Waals surface area contributed by atoms with Crippen molar-refractivity contribution >= 4 is 17.2 Å². The Bertz CT molecular complexity index is 643. The molecule has 0 atom stereocenters. The Balaban J connectivity index is 1.34. The molecule has 2 aromatic heterocycles. The topological polar surface area (TPSA) is 36.7 Å². The molecule has 122 valence electrons. The lowest BCUT2D eigenvalue weighted by molar-refractivity contribution is 0.0718. The van der Waals surface area contributed by atoms with E-state index >= 15 is 0 Å². The Morgan fingerprint density at radius 1 is 1.22 bits per heavy atom. The third kappa shape index (κ3) is 3.08. The molecule has 0 aromatic carbocycles. The molecule has 0 saturated carbocycles. The van der Waals surface area contributed by atoms with E-state index in [2.05, 4.69) is 9.80 Å². The molecule has 5 heteroatoms. The summed E-state index contributed by atoms with van der Waals surface area (Å²) in [6.45, 7) is 5.06. The van der Waals surface area contributed by atoms with E-state index in [0.29, 0.717) is 5.41 Å². The predicted octanol–water partition coefficient (Wildman–Crippen LogP) is 3.47. The molecule has 1 spiro atoms. The zero-order valence-corrected chi connectivity index (χ0v) is 14.1. The van der Waals surface area contributed by atoms with Gasteiger partial charge in [-0.2, -0.15) is 0 Å². The molecular formula is C18H22N2O2S. The Kier molecular flexibility index (Phi) is 3.99. The Morgan fingerprint density at radius 2 is 2.04 bits per heavy atom. The molecule has 4 nitrogen and oxygen atoms in total. The molecule has 2 saturated heterocycles. The molecule has 2 aliphatic rings. The van der Waals surface area contributed by atoms with E-state index in [0.717, 1.165) is 44.0 Å². The van der Waals surface area contributed by atoms with E-state index in [1.54, 1.807) is 17.6 Å². The number of carbonyl (C=O) groups is 1. The lowest BCUT2D eigenvalue weighted by Crippen LogP contribution is -2.41. The molecule has 4 rings (SSSR count). The van der Waals surface area contributed by atoms with Gasteiger partial charge in [-0.05, 0) is 55.3 Å². The molecule has 0 N–H and O–H groups in total. The molecule has 0 radical (unpaired) electrons. The van der Waals surface area contributed by atoms with Crippen molar-refractivity contribution in [3.05, 3.63) is 46.5 Å². The summed E-state index contributed by atoms with van der Waals surface area (Å²) in [5.41, 5.74) is 1.60. The lowest BCUT2D eigenvalue weighted by Gasteiger charge is -2.39. The fraction of sp³-hybridized carbons (Fsp3) is 0.500. The van der Waals surface area contributed by atoms with Gasteiger partial charge < -0.3 is 9.32 Å². The minimum atomic E-state index is 0.220. The first-order valence-corrected chi connectivity index (χ1v) is 9.18. The van der Waals surface area contributed by atoms with Crippen LogP contribution < -0.4 is 0 Å². The van der Waals surface area contributed by atoms with Gasteiger partial charge in [-0.1, -0.05) is 6.07 Å². The van der Waals surface area contributed by atoms with Crippen LogP contribution in [0.25, 0.3) is 0 Å². The van der Waals surface area contributed by atoms with Crippen molar-refractivity contribution in [2.24, 2.45) is 5.41 Å². The summed E-state index contributed by atoms with van der Waals surface area (Å²) < 4.78 is 5.16. The van der Waals surface area contributed by atoms with Crippen molar-refractivity contribution < 1.29 is 9.21 Å². The summed E-state index contributed by atoms with van der Waals surface area (Å²) in [6, 6.07) is 5.94. The maximum Gasteiger partial charge on any atom is 0.263 e. The summed E-state index contributed by atoms with van der Waals surface area (Å²) in [6.07, 6.45) is 7.12. The summed E-state index contributed by atoms with van der Waals surface area (Å²) in [5.74, 6) is 0.220. The van der Waals surface area contributed by atoms with Crippen LogP contribution in [0.2, 0.25) is 0 Å². The van der Waals surface area contributed by atoms with Gasteiger partial charge in [-0.3, -0.25) is 9.69 Å². The zero-order valence-electron chi connectivity index (χ0n) is 13.2. The summed E-state index contributed by atoms with van der Waals surface area (Å²) >= 11 is 1.55. The van der Waals surface area contributed by atoms with Crippen LogP contribution in [-0.4, -0.2) is 41.9 Å². The van der Waals surface area contributed by atoms with Crippen molar-refractivity contribution in [1.29, 1.82) is 0 Å². The molecule has 4 heterocycles. The molecule has 1 amide bonds. The summed E-state index contributed by atoms with van der Waals surface area (Å²) in [7, 11) is 0. The minimum absolute atomic E-state index is 0.220. The monoisotopic (exact) mass is 330 g/mol. The second-order valence-corrected chi connectivity index (χ2v) is 7.81. The number of nitrogens with zero attached hydrogens (tertiary/aromatic N) is 2. The average Bonchev–Trinajstić information content (AvgIpc) is 3.31. The third-order valence-corrected chi connectivity index (χ3v) is 6.22. The van der Waals surface area contributed by atoms with Crippen LogP contribution in [0.15, 0.2) is 40.5 Å². The first-order chi connectivity index (χ1) is 11.2. The van der Waals surface area contributed by atoms with Crippen molar-refractivity contribution in [2.75, 3.05) is 26.2 Å². The Labute approximate surface area is 140 Å². The van der Waals surface area contributed by atoms with E-state index in [-0.39, 0.29) is 5.91 Å². The van der Waals surface area contributed by atoms with Crippen LogP contribution in [0.1, 0.15) is 34.5 Å². The first-order valence-electron chi connectivity index (χ1n) is 8.30. The fourth-order valence-electron chi connectivity index (χ4n) is 3.90. The molecule has 2 aliphatic heterocycles. The highest BCUT2D eigenvalue weighted by Crippen LogP contribution is 2.41. The van der Waals surface area contributed by atoms with Gasteiger partial charge in [0.15, 0.2) is 0 Å². The standard InChI is InChI=1S/C18H22N2O2S/c21-17(16-2-1-11-23-16)20-9-6-18(14-20)4-7-19(8-5-18)12-15-3-10-22-13-15/h1-3,10-11,13H,4-9,12,14H2. The number of carbonyl (C=O) groups excluding carboxylic acids is 1. The normalized spacial score (nSPS) is 21.1. The zero-order chi connectivity index (χ0) is 15.7. The van der Waals surface area contributed by atoms with Crippen molar-refractivity contribution in [1.82, 2.24) is 9.80 Å². The van der Waals surface area contributed by atoms with Crippen molar-refractivity contribution in [2.45, 2.75) is 25.8 Å². The maximum absolute atomic E-state index is 12.5. The van der Waals surface area contributed by atoms with Gasteiger partial charge in [-0.25, -0.2) is 0 Å². The van der Waals surface area contributed by atoms with Gasteiger partial charge in [0.1, 0.15) is 0 Å². The number of amides is 1. The number of rotatable bonds is 3. The van der Waals surface area contributed by atoms with Crippen LogP contribution >= 0.6 is 11.3 Å². The Hall–Kier alpha value is -1.59. The number of hydrogen-bond donors (Lipinski definition) is 0. The molecular weight excluding hydrogens is 308 g/mol. The van der Waals surface area contributed by atoms with E-state index in [4.69, 9.17) is 4.42 Å². The minimum Gasteiger partial charge on any atom is -0.472 e. The highest BCUT2D eigenvalue weighted by molar-refractivity contribution is 7.12. The van der Waals surface area contributed by atoms with Gasteiger partial charge in [0, 0.05) is 25.2 Å². The molecule has 0 bridgehead atoms. The molecule has 0 unspecified atom stereocenters. The fourth-order valence-corrected chi connectivity index (χ4v) is 4.59. The third-order valence-electron chi connectivity index (χ3n) is 5.36. The smallest absolute Gasteiger partial charge is 0.263 e. The van der Waals surface area contributed by atoms with Gasteiger partial charge >= 0.3 is 0 Å². The van der Waals surface area contributed by atoms with E-state index in [9.17, 15) is 4.79 Å². The van der Waals surface area contributed by atoms with Crippen LogP contribution in [0.4, 0.5) is 0 Å². The second kappa shape index (κ2) is 6.13. The van der Waals surface area contributed by atoms with Crippen LogP contribution in [0.3, 0.4) is 0 Å².